The smallest absolute Gasteiger partial charge is 0.119 e. The van der Waals surface area contributed by atoms with Gasteiger partial charge >= 0.3 is 0 Å². The van der Waals surface area contributed by atoms with Crippen LogP contribution < -0.4 is 0 Å². The van der Waals surface area contributed by atoms with Gasteiger partial charge in [0.25, 0.3) is 0 Å². The van der Waals surface area contributed by atoms with Crippen LogP contribution in [0.5, 0.6) is 11.5 Å². The van der Waals surface area contributed by atoms with Crippen LogP contribution >= 0.6 is 31.9 Å². The molecule has 0 aromatic heterocycles. The van der Waals surface area contributed by atoms with Crippen LogP contribution in [-0.2, 0) is 11.8 Å². The number of halogens is 2. The Balaban J connectivity index is 1.74. The number of fused-ring (bicyclic) bond motifs is 3. The molecule has 33 heavy (non-hydrogen) atoms. The van der Waals surface area contributed by atoms with Crippen LogP contribution in [0.2, 0.25) is 0 Å². The van der Waals surface area contributed by atoms with Crippen molar-refractivity contribution >= 4 is 31.9 Å². The largest absolute Gasteiger partial charge is 0.512 e. The normalized spacial score (nSPS) is 18.3. The van der Waals surface area contributed by atoms with Crippen molar-refractivity contribution in [1.82, 2.24) is 0 Å². The summed E-state index contributed by atoms with van der Waals surface area (Å²) in [4.78, 5) is 0. The SMILES string of the molecule is OC1=CC(CC2(Cc3cc(O)cc(O)c3)c3cc(Br)ccc3-c3ccc(Br)cc32)CC(O)=C1. The van der Waals surface area contributed by atoms with Crippen molar-refractivity contribution in [3.63, 3.8) is 0 Å². The van der Waals surface area contributed by atoms with Gasteiger partial charge in [0.15, 0.2) is 0 Å². The van der Waals surface area contributed by atoms with E-state index in [1.807, 2.05) is 12.1 Å². The lowest BCUT2D eigenvalue weighted by Crippen LogP contribution is -2.31. The van der Waals surface area contributed by atoms with E-state index in [0.29, 0.717) is 19.3 Å². The molecule has 3 aromatic rings. The van der Waals surface area contributed by atoms with Gasteiger partial charge in [0, 0.05) is 32.9 Å². The molecule has 0 spiro atoms. The fourth-order valence-electron chi connectivity index (χ4n) is 5.45. The zero-order chi connectivity index (χ0) is 23.3. The minimum absolute atomic E-state index is 0.0119. The third-order valence-corrected chi connectivity index (χ3v) is 7.54. The number of aliphatic hydroxyl groups excluding tert-OH is 2. The molecule has 4 N–H and O–H groups in total. The lowest BCUT2D eigenvalue weighted by molar-refractivity contribution is 0.311. The molecule has 3 aromatic carbocycles. The summed E-state index contributed by atoms with van der Waals surface area (Å²) in [7, 11) is 0. The highest BCUT2D eigenvalue weighted by Gasteiger charge is 2.45. The van der Waals surface area contributed by atoms with E-state index in [9.17, 15) is 20.4 Å². The van der Waals surface area contributed by atoms with E-state index in [4.69, 9.17) is 0 Å². The van der Waals surface area contributed by atoms with E-state index in [1.165, 1.54) is 12.1 Å². The van der Waals surface area contributed by atoms with Gasteiger partial charge in [-0.3, -0.25) is 0 Å². The zero-order valence-electron chi connectivity index (χ0n) is 17.6. The molecule has 1 unspecified atom stereocenters. The Morgan fingerprint density at radius 3 is 1.91 bits per heavy atom. The Kier molecular flexibility index (Phi) is 5.53. The van der Waals surface area contributed by atoms with Gasteiger partial charge in [-0.05, 0) is 89.1 Å². The third-order valence-electron chi connectivity index (χ3n) is 6.56. The van der Waals surface area contributed by atoms with Gasteiger partial charge in [-0.25, -0.2) is 0 Å². The predicted octanol–water partition coefficient (Wildman–Crippen LogP) is 7.43. The Labute approximate surface area is 208 Å². The van der Waals surface area contributed by atoms with E-state index in [-0.39, 0.29) is 28.9 Å². The average molecular weight is 570 g/mol. The first-order valence-corrected chi connectivity index (χ1v) is 12.2. The summed E-state index contributed by atoms with van der Waals surface area (Å²) >= 11 is 7.28. The highest BCUT2D eigenvalue weighted by molar-refractivity contribution is 9.10. The highest BCUT2D eigenvalue weighted by atomic mass is 79.9. The monoisotopic (exact) mass is 568 g/mol. The maximum absolute atomic E-state index is 10.2. The van der Waals surface area contributed by atoms with Crippen molar-refractivity contribution in [2.24, 2.45) is 5.92 Å². The van der Waals surface area contributed by atoms with Gasteiger partial charge in [-0.2, -0.15) is 0 Å². The van der Waals surface area contributed by atoms with Crippen molar-refractivity contribution in [3.8, 4) is 22.6 Å². The number of allylic oxidation sites excluding steroid dienone is 3. The summed E-state index contributed by atoms with van der Waals surface area (Å²) in [5.41, 5.74) is 4.82. The van der Waals surface area contributed by atoms with Crippen molar-refractivity contribution < 1.29 is 20.4 Å². The minimum Gasteiger partial charge on any atom is -0.512 e. The maximum Gasteiger partial charge on any atom is 0.119 e. The number of aliphatic hydroxyl groups is 2. The lowest BCUT2D eigenvalue weighted by Gasteiger charge is -2.36. The first kappa shape index (κ1) is 22.1. The molecule has 2 aliphatic rings. The Morgan fingerprint density at radius 2 is 1.36 bits per heavy atom. The summed E-state index contributed by atoms with van der Waals surface area (Å²) in [6.45, 7) is 0. The second kappa shape index (κ2) is 8.26. The van der Waals surface area contributed by atoms with Crippen LogP contribution in [0.3, 0.4) is 0 Å². The van der Waals surface area contributed by atoms with Gasteiger partial charge in [0.1, 0.15) is 17.3 Å². The fourth-order valence-corrected chi connectivity index (χ4v) is 6.18. The number of aromatic hydroxyl groups is 2. The van der Waals surface area contributed by atoms with E-state index in [2.05, 4.69) is 56.1 Å². The van der Waals surface area contributed by atoms with Crippen LogP contribution in [-0.4, -0.2) is 20.4 Å². The molecule has 2 aliphatic carbocycles. The van der Waals surface area contributed by atoms with Gasteiger partial charge in [0.2, 0.25) is 0 Å². The van der Waals surface area contributed by atoms with Gasteiger partial charge in [0.05, 0.1) is 5.76 Å². The Bertz CT molecular complexity index is 1250. The molecule has 0 aliphatic heterocycles. The first-order chi connectivity index (χ1) is 15.7. The number of benzene rings is 3. The molecular weight excluding hydrogens is 548 g/mol. The molecule has 0 saturated carbocycles. The number of rotatable bonds is 4. The zero-order valence-corrected chi connectivity index (χ0v) is 20.8. The molecule has 1 atom stereocenters. The van der Waals surface area contributed by atoms with Crippen LogP contribution in [0, 0.1) is 5.92 Å². The summed E-state index contributed by atoms with van der Waals surface area (Å²) in [5.74, 6) is 0.149. The van der Waals surface area contributed by atoms with Crippen LogP contribution in [0.1, 0.15) is 29.5 Å². The van der Waals surface area contributed by atoms with Crippen LogP contribution in [0.15, 0.2) is 87.2 Å². The summed E-state index contributed by atoms with van der Waals surface area (Å²) in [6.07, 6.45) is 4.77. The standard InChI is InChI=1S/C27H22Br2O4/c28-17-1-3-23-24-4-2-18(29)10-26(24)27(25(23)9-17,13-15-5-19(30)11-20(31)6-15)14-16-7-21(32)12-22(33)8-16/h1-7,9-12,16,30-33H,8,13-14H2. The Morgan fingerprint density at radius 1 is 0.788 bits per heavy atom. The molecule has 0 amide bonds. The average Bonchev–Trinajstić information content (AvgIpc) is 2.95. The quantitative estimate of drug-likeness (QED) is 0.263. The highest BCUT2D eigenvalue weighted by Crippen LogP contribution is 2.55. The molecule has 4 nitrogen and oxygen atoms in total. The number of hydrogen-bond donors (Lipinski definition) is 4. The number of phenolic OH excluding ortho intramolecular Hbond substituents is 2. The van der Waals surface area contributed by atoms with Crippen molar-refractivity contribution in [1.29, 1.82) is 0 Å². The molecule has 0 heterocycles. The van der Waals surface area contributed by atoms with E-state index in [0.717, 1.165) is 36.8 Å². The number of phenols is 2. The van der Waals surface area contributed by atoms with Crippen molar-refractivity contribution in [3.05, 3.63) is 104 Å². The van der Waals surface area contributed by atoms with Gasteiger partial charge in [-0.15, -0.1) is 0 Å². The second-order valence-corrected chi connectivity index (χ2v) is 10.7. The molecule has 0 fully saturated rings. The third kappa shape index (κ3) is 4.06. The molecule has 6 heteroatoms. The van der Waals surface area contributed by atoms with E-state index >= 15 is 0 Å². The van der Waals surface area contributed by atoms with E-state index < -0.39 is 5.41 Å². The Hall–Kier alpha value is -2.70. The maximum atomic E-state index is 10.2. The number of hydrogen-bond acceptors (Lipinski definition) is 4. The van der Waals surface area contributed by atoms with Gasteiger partial charge in [-0.1, -0.05) is 44.0 Å². The summed E-state index contributed by atoms with van der Waals surface area (Å²) < 4.78 is 1.92. The predicted molar refractivity (Wildman–Crippen MR) is 136 cm³/mol. The molecule has 5 rings (SSSR count). The van der Waals surface area contributed by atoms with Crippen molar-refractivity contribution in [2.45, 2.75) is 24.7 Å². The van der Waals surface area contributed by atoms with E-state index in [1.54, 1.807) is 18.2 Å². The van der Waals surface area contributed by atoms with Crippen LogP contribution in [0.25, 0.3) is 11.1 Å². The molecule has 168 valence electrons. The van der Waals surface area contributed by atoms with Gasteiger partial charge < -0.3 is 20.4 Å². The van der Waals surface area contributed by atoms with Crippen LogP contribution in [0.4, 0.5) is 0 Å². The van der Waals surface area contributed by atoms with Crippen molar-refractivity contribution in [2.75, 3.05) is 0 Å². The fraction of sp³-hybridized carbons (Fsp3) is 0.185. The molecule has 0 bridgehead atoms. The summed E-state index contributed by atoms with van der Waals surface area (Å²) in [6, 6.07) is 17.2. The minimum atomic E-state index is -0.516. The molecular formula is C27H22Br2O4. The summed E-state index contributed by atoms with van der Waals surface area (Å²) in [5, 5.41) is 40.7. The topological polar surface area (TPSA) is 80.9 Å². The first-order valence-electron chi connectivity index (χ1n) is 10.7. The molecule has 0 radical (unpaired) electrons. The second-order valence-electron chi connectivity index (χ2n) is 8.89. The molecule has 0 saturated heterocycles. The lowest BCUT2D eigenvalue weighted by atomic mass is 9.67.